The van der Waals surface area contributed by atoms with Crippen LogP contribution in [-0.2, 0) is 16.1 Å². The molecule has 0 unspecified atom stereocenters. The predicted octanol–water partition coefficient (Wildman–Crippen LogP) is 3.40. The highest BCUT2D eigenvalue weighted by Crippen LogP contribution is 2.48. The van der Waals surface area contributed by atoms with Gasteiger partial charge in [0, 0.05) is 35.5 Å². The van der Waals surface area contributed by atoms with Crippen LogP contribution < -0.4 is 15.6 Å². The van der Waals surface area contributed by atoms with Gasteiger partial charge in [0.2, 0.25) is 5.91 Å². The fourth-order valence-corrected chi connectivity index (χ4v) is 5.42. The standard InChI is InChI=1S/C27H21F4N7O4/c28-27(29,30)42-18-3-1-2-17(9-18)38(31)26(41)22-8-15-7-21(15)37(22)23(39)12-36-20-5-4-14(16-10-33-13-34-11-16)6-19(20)24(35-36)25(32)40/h1-6,9-11,13,15,21-22H,7-8,12H2,(H2,32,40)/t15-,21-,22+/m1/s1. The fraction of sp³-hybridized carbons (Fsp3) is 0.259. The Bertz CT molecular complexity index is 1710. The summed E-state index contributed by atoms with van der Waals surface area (Å²) >= 11 is 0. The van der Waals surface area contributed by atoms with Crippen LogP contribution >= 0.6 is 0 Å². The van der Waals surface area contributed by atoms with Crippen LogP contribution in [0, 0.1) is 5.92 Å². The molecule has 0 radical (unpaired) electrons. The third-order valence-corrected chi connectivity index (χ3v) is 7.31. The van der Waals surface area contributed by atoms with E-state index in [-0.39, 0.29) is 35.7 Å². The molecular formula is C27H21F4N7O4. The van der Waals surface area contributed by atoms with Crippen molar-refractivity contribution in [1.29, 1.82) is 0 Å². The summed E-state index contributed by atoms with van der Waals surface area (Å²) in [4.78, 5) is 48.2. The minimum Gasteiger partial charge on any atom is -0.406 e. The quantitative estimate of drug-likeness (QED) is 0.260. The van der Waals surface area contributed by atoms with Crippen LogP contribution in [0.3, 0.4) is 0 Å². The number of carbonyl (C=O) groups is 3. The second kappa shape index (κ2) is 10.1. The monoisotopic (exact) mass is 583 g/mol. The first-order valence-corrected chi connectivity index (χ1v) is 12.7. The van der Waals surface area contributed by atoms with Gasteiger partial charge in [-0.3, -0.25) is 19.1 Å². The summed E-state index contributed by atoms with van der Waals surface area (Å²) in [7, 11) is 0. The molecule has 3 atom stereocenters. The molecule has 4 aromatic rings. The molecule has 42 heavy (non-hydrogen) atoms. The maximum atomic E-state index is 15.2. The highest BCUT2D eigenvalue weighted by atomic mass is 19.4. The number of ether oxygens (including phenoxy) is 1. The number of rotatable bonds is 7. The number of hydrogen-bond donors (Lipinski definition) is 1. The average Bonchev–Trinajstić information content (AvgIpc) is 3.46. The SMILES string of the molecule is NC(=O)c1nn(CC(=O)N2[C@@H]3C[C@@H]3C[C@H]2C(=O)N(F)c2cccc(OC(F)(F)F)c2)c2ccc(-c3cncnc3)cc12. The minimum absolute atomic E-state index is 0.0117. The van der Waals surface area contributed by atoms with Gasteiger partial charge in [0.25, 0.3) is 11.8 Å². The zero-order valence-electron chi connectivity index (χ0n) is 21.5. The number of primary amides is 1. The maximum absolute atomic E-state index is 15.2. The van der Waals surface area contributed by atoms with Gasteiger partial charge in [0.05, 0.1) is 11.2 Å². The van der Waals surface area contributed by atoms with Crippen LogP contribution in [0.25, 0.3) is 22.0 Å². The number of amides is 3. The normalized spacial score (nSPS) is 19.4. The Morgan fingerprint density at radius 1 is 1.05 bits per heavy atom. The summed E-state index contributed by atoms with van der Waals surface area (Å²) in [5.41, 5.74) is 6.83. The third-order valence-electron chi connectivity index (χ3n) is 7.31. The van der Waals surface area contributed by atoms with E-state index in [4.69, 9.17) is 5.73 Å². The molecule has 1 saturated heterocycles. The molecule has 0 spiro atoms. The van der Waals surface area contributed by atoms with Crippen molar-refractivity contribution < 1.29 is 36.8 Å². The van der Waals surface area contributed by atoms with Crippen LogP contribution in [0.15, 0.2) is 61.2 Å². The Kier molecular flexibility index (Phi) is 6.51. The third kappa shape index (κ3) is 5.08. The minimum atomic E-state index is -5.00. The number of benzene rings is 2. The van der Waals surface area contributed by atoms with Gasteiger partial charge in [0.1, 0.15) is 24.7 Å². The number of anilines is 1. The lowest BCUT2D eigenvalue weighted by atomic mass is 10.1. The van der Waals surface area contributed by atoms with Gasteiger partial charge in [-0.2, -0.15) is 5.10 Å². The first kappa shape index (κ1) is 27.1. The van der Waals surface area contributed by atoms with Crippen molar-refractivity contribution in [2.75, 3.05) is 5.12 Å². The Morgan fingerprint density at radius 3 is 2.52 bits per heavy atom. The average molecular weight is 584 g/mol. The topological polar surface area (TPSA) is 137 Å². The number of alkyl halides is 3. The van der Waals surface area contributed by atoms with E-state index in [0.717, 1.165) is 24.3 Å². The van der Waals surface area contributed by atoms with E-state index in [1.807, 2.05) is 0 Å². The summed E-state index contributed by atoms with van der Waals surface area (Å²) in [5.74, 6) is -3.16. The molecule has 6 rings (SSSR count). The number of nitrogens with two attached hydrogens (primary N) is 1. The van der Waals surface area contributed by atoms with Crippen LogP contribution in [0.5, 0.6) is 5.75 Å². The summed E-state index contributed by atoms with van der Waals surface area (Å²) in [6.45, 7) is -0.369. The molecule has 3 amide bonds. The largest absolute Gasteiger partial charge is 0.573 e. The van der Waals surface area contributed by atoms with Gasteiger partial charge in [-0.1, -0.05) is 16.6 Å². The predicted molar refractivity (Wildman–Crippen MR) is 138 cm³/mol. The van der Waals surface area contributed by atoms with Gasteiger partial charge in [-0.25, -0.2) is 9.97 Å². The van der Waals surface area contributed by atoms with E-state index < -0.39 is 41.6 Å². The zero-order valence-corrected chi connectivity index (χ0v) is 21.5. The van der Waals surface area contributed by atoms with Gasteiger partial charge in [-0.05, 0) is 48.6 Å². The molecule has 2 aromatic carbocycles. The summed E-state index contributed by atoms with van der Waals surface area (Å²) in [6, 6.07) is 7.55. The molecule has 2 aliphatic rings. The van der Waals surface area contributed by atoms with E-state index in [1.165, 1.54) is 15.9 Å². The number of likely N-dealkylation sites (tertiary alicyclic amines) is 1. The van der Waals surface area contributed by atoms with Crippen LogP contribution in [-0.4, -0.2) is 60.8 Å². The lowest BCUT2D eigenvalue weighted by Gasteiger charge is -2.28. The fourth-order valence-electron chi connectivity index (χ4n) is 5.42. The Morgan fingerprint density at radius 2 is 1.81 bits per heavy atom. The van der Waals surface area contributed by atoms with E-state index in [0.29, 0.717) is 28.5 Å². The molecule has 11 nitrogen and oxygen atoms in total. The zero-order chi connectivity index (χ0) is 29.8. The van der Waals surface area contributed by atoms with E-state index in [2.05, 4.69) is 19.8 Å². The first-order valence-electron chi connectivity index (χ1n) is 12.7. The Hall–Kier alpha value is -5.08. The van der Waals surface area contributed by atoms with E-state index >= 15 is 4.48 Å². The van der Waals surface area contributed by atoms with E-state index in [1.54, 1.807) is 30.6 Å². The molecular weight excluding hydrogens is 562 g/mol. The van der Waals surface area contributed by atoms with Crippen LogP contribution in [0.2, 0.25) is 0 Å². The lowest BCUT2D eigenvalue weighted by Crippen LogP contribution is -2.48. The summed E-state index contributed by atoms with van der Waals surface area (Å²) in [5, 5.41) is 4.37. The van der Waals surface area contributed by atoms with Gasteiger partial charge >= 0.3 is 6.36 Å². The molecule has 15 heteroatoms. The number of halogens is 4. The van der Waals surface area contributed by atoms with Crippen molar-refractivity contribution in [1.82, 2.24) is 24.6 Å². The number of aromatic nitrogens is 4. The molecule has 1 aliphatic carbocycles. The highest BCUT2D eigenvalue weighted by Gasteiger charge is 2.57. The molecule has 3 heterocycles. The van der Waals surface area contributed by atoms with E-state index in [9.17, 15) is 27.6 Å². The second-order valence-electron chi connectivity index (χ2n) is 10.0. The molecule has 2 N–H and O–H groups in total. The number of nitrogens with zero attached hydrogens (tertiary/aromatic N) is 6. The molecule has 2 aromatic heterocycles. The molecule has 1 saturated carbocycles. The van der Waals surface area contributed by atoms with Crippen molar-refractivity contribution in [3.05, 3.63) is 66.9 Å². The van der Waals surface area contributed by atoms with Gasteiger partial charge in [0.15, 0.2) is 5.69 Å². The maximum Gasteiger partial charge on any atom is 0.573 e. The van der Waals surface area contributed by atoms with Gasteiger partial charge < -0.3 is 15.4 Å². The van der Waals surface area contributed by atoms with Crippen molar-refractivity contribution >= 4 is 34.3 Å². The Labute approximate surface area is 234 Å². The molecule has 216 valence electrons. The van der Waals surface area contributed by atoms with Crippen molar-refractivity contribution in [3.8, 4) is 16.9 Å². The first-order chi connectivity index (χ1) is 20.0. The number of fused-ring (bicyclic) bond motifs is 2. The van der Waals surface area contributed by atoms with Crippen molar-refractivity contribution in [2.24, 2.45) is 11.7 Å². The Balaban J connectivity index is 1.25. The van der Waals surface area contributed by atoms with Crippen LogP contribution in [0.1, 0.15) is 23.3 Å². The number of carbonyl (C=O) groups excluding carboxylic acids is 3. The molecule has 2 fully saturated rings. The summed E-state index contributed by atoms with van der Waals surface area (Å²) < 4.78 is 58.1. The number of hydrogen-bond acceptors (Lipinski definition) is 7. The van der Waals surface area contributed by atoms with Crippen molar-refractivity contribution in [3.63, 3.8) is 0 Å². The molecule has 0 bridgehead atoms. The molecule has 1 aliphatic heterocycles. The lowest BCUT2D eigenvalue weighted by molar-refractivity contribution is -0.274. The highest BCUT2D eigenvalue weighted by molar-refractivity contribution is 6.05. The second-order valence-corrected chi connectivity index (χ2v) is 10.0. The smallest absolute Gasteiger partial charge is 0.406 e. The van der Waals surface area contributed by atoms with Crippen LogP contribution in [0.4, 0.5) is 23.3 Å². The van der Waals surface area contributed by atoms with Crippen molar-refractivity contribution in [2.45, 2.75) is 37.8 Å². The van der Waals surface area contributed by atoms with Gasteiger partial charge in [-0.15, -0.1) is 18.3 Å². The summed E-state index contributed by atoms with van der Waals surface area (Å²) in [6.07, 6.45) is 0.396. The number of piperidine rings is 1.